The lowest BCUT2D eigenvalue weighted by Gasteiger charge is -2.28. The van der Waals surface area contributed by atoms with Gasteiger partial charge in [-0.2, -0.15) is 13.2 Å². The van der Waals surface area contributed by atoms with Crippen LogP contribution < -0.4 is 16.0 Å². The molecule has 0 aliphatic carbocycles. The van der Waals surface area contributed by atoms with E-state index in [1.165, 1.54) is 42.9 Å². The SMILES string of the molecule is CC.CNC.N=C/C=C\c1ncc(C#Cc2cncc(C(=O)Nc3ccc(CN4CC5CC4CN5)c(C(F)(F)F)c3)c2)[nH]1. The van der Waals surface area contributed by atoms with Crippen LogP contribution in [0, 0.1) is 17.3 Å². The zero-order valence-electron chi connectivity index (χ0n) is 24.6. The second-order valence-corrected chi connectivity index (χ2v) is 9.67. The maximum Gasteiger partial charge on any atom is 0.416 e. The van der Waals surface area contributed by atoms with Gasteiger partial charge in [-0.25, -0.2) is 4.98 Å². The number of benzene rings is 1. The normalized spacial score (nSPS) is 17.3. The standard InChI is InChI=1S/C27H24F3N7O.C2H7N.C2H6/c28-27(29,30)24-10-20(6-4-18(24)15-37-16-22-9-23(37)14-33-22)36-26(38)19-8-17(11-32-12-19)3-5-21-13-34-25(35-21)2-1-7-31;1-3-2;1-2/h1-2,4,6-8,10-13,22-23,31,33H,9,14-16H2,(H,34,35)(H,36,38);3H,1-2H3;1-2H3/b2-1-,31-7?;;. The molecule has 2 aliphatic rings. The van der Waals surface area contributed by atoms with Gasteiger partial charge < -0.3 is 26.3 Å². The number of hydrogen-bond acceptors (Lipinski definition) is 7. The van der Waals surface area contributed by atoms with Gasteiger partial charge in [-0.1, -0.05) is 25.8 Å². The van der Waals surface area contributed by atoms with Crippen LogP contribution in [-0.4, -0.2) is 71.2 Å². The quantitative estimate of drug-likeness (QED) is 0.211. The third-order valence-corrected chi connectivity index (χ3v) is 6.50. The minimum Gasteiger partial charge on any atom is -0.332 e. The number of imidazole rings is 1. The van der Waals surface area contributed by atoms with Crippen molar-refractivity contribution in [2.75, 3.05) is 32.5 Å². The van der Waals surface area contributed by atoms with Crippen LogP contribution in [0.2, 0.25) is 0 Å². The van der Waals surface area contributed by atoms with Crippen LogP contribution in [0.5, 0.6) is 0 Å². The van der Waals surface area contributed by atoms with Crippen molar-refractivity contribution in [3.63, 3.8) is 0 Å². The van der Waals surface area contributed by atoms with Crippen LogP contribution in [-0.2, 0) is 12.7 Å². The van der Waals surface area contributed by atoms with Gasteiger partial charge in [-0.05, 0) is 62.4 Å². The Morgan fingerprint density at radius 1 is 1.19 bits per heavy atom. The summed E-state index contributed by atoms with van der Waals surface area (Å²) < 4.78 is 41.7. The van der Waals surface area contributed by atoms with Crippen LogP contribution in [0.15, 0.2) is 48.9 Å². The molecule has 5 rings (SSSR count). The average molecular weight is 595 g/mol. The first kappa shape index (κ1) is 33.2. The number of fused-ring (bicyclic) bond motifs is 2. The molecule has 1 aromatic carbocycles. The monoisotopic (exact) mass is 594 g/mol. The van der Waals surface area contributed by atoms with E-state index >= 15 is 0 Å². The van der Waals surface area contributed by atoms with Gasteiger partial charge in [0.15, 0.2) is 0 Å². The fourth-order valence-electron chi connectivity index (χ4n) is 4.71. The maximum absolute atomic E-state index is 13.9. The number of aromatic amines is 1. The topological polar surface area (TPSA) is 122 Å². The van der Waals surface area contributed by atoms with Crippen LogP contribution in [0.1, 0.15) is 58.8 Å². The van der Waals surface area contributed by atoms with E-state index in [2.05, 4.69) is 47.6 Å². The number of pyridine rings is 1. The van der Waals surface area contributed by atoms with E-state index in [9.17, 15) is 18.0 Å². The first-order valence-electron chi connectivity index (χ1n) is 14.0. The van der Waals surface area contributed by atoms with E-state index in [1.54, 1.807) is 6.08 Å². The Kier molecular flexibility index (Phi) is 12.2. The average Bonchev–Trinajstić information content (AvgIpc) is 3.75. The number of halogens is 3. The van der Waals surface area contributed by atoms with E-state index in [-0.39, 0.29) is 29.4 Å². The molecule has 3 aromatic rings. The van der Waals surface area contributed by atoms with Crippen LogP contribution >= 0.6 is 0 Å². The molecule has 43 heavy (non-hydrogen) atoms. The summed E-state index contributed by atoms with van der Waals surface area (Å²) in [6, 6.07) is 6.02. The number of anilines is 1. The van der Waals surface area contributed by atoms with Crippen molar-refractivity contribution in [3.05, 3.63) is 82.7 Å². The number of nitrogens with one attached hydrogen (secondary N) is 5. The number of allylic oxidation sites excluding steroid dienone is 1. The smallest absolute Gasteiger partial charge is 0.332 e. The highest BCUT2D eigenvalue weighted by atomic mass is 19.4. The molecule has 12 heteroatoms. The van der Waals surface area contributed by atoms with E-state index in [0.717, 1.165) is 31.8 Å². The minimum absolute atomic E-state index is 0.0511. The molecule has 228 valence electrons. The van der Waals surface area contributed by atoms with Gasteiger partial charge in [-0.15, -0.1) is 0 Å². The molecule has 5 N–H and O–H groups in total. The summed E-state index contributed by atoms with van der Waals surface area (Å²) in [6.07, 6.45) is 5.01. The summed E-state index contributed by atoms with van der Waals surface area (Å²) in [5.41, 5.74) is 0.631. The number of nitrogens with zero attached hydrogens (tertiary/aromatic N) is 3. The molecular formula is C31H37F3N8O. The Morgan fingerprint density at radius 3 is 2.60 bits per heavy atom. The largest absolute Gasteiger partial charge is 0.416 e. The Morgan fingerprint density at radius 2 is 1.95 bits per heavy atom. The molecule has 2 fully saturated rings. The van der Waals surface area contributed by atoms with Crippen molar-refractivity contribution in [2.45, 2.75) is 45.1 Å². The third kappa shape index (κ3) is 9.34. The number of likely N-dealkylation sites (tertiary alicyclic amines) is 1. The second-order valence-electron chi connectivity index (χ2n) is 9.67. The molecular weight excluding hydrogens is 557 g/mol. The van der Waals surface area contributed by atoms with Gasteiger partial charge in [0.05, 0.1) is 17.3 Å². The lowest BCUT2D eigenvalue weighted by molar-refractivity contribution is -0.138. The highest BCUT2D eigenvalue weighted by Crippen LogP contribution is 2.36. The Balaban J connectivity index is 0.000000953. The number of H-pyrrole nitrogens is 1. The Labute approximate surface area is 249 Å². The molecule has 2 aromatic heterocycles. The summed E-state index contributed by atoms with van der Waals surface area (Å²) in [7, 11) is 3.75. The molecule has 9 nitrogen and oxygen atoms in total. The zero-order chi connectivity index (χ0) is 31.4. The van der Waals surface area contributed by atoms with Crippen molar-refractivity contribution in [1.82, 2.24) is 30.5 Å². The summed E-state index contributed by atoms with van der Waals surface area (Å²) in [5, 5.41) is 15.7. The predicted octanol–water partition coefficient (Wildman–Crippen LogP) is 4.55. The predicted molar refractivity (Wildman–Crippen MR) is 163 cm³/mol. The molecule has 2 bridgehead atoms. The van der Waals surface area contributed by atoms with E-state index < -0.39 is 17.6 Å². The lowest BCUT2D eigenvalue weighted by Crippen LogP contribution is -2.43. The lowest BCUT2D eigenvalue weighted by atomic mass is 10.0. The highest BCUT2D eigenvalue weighted by molar-refractivity contribution is 6.04. The van der Waals surface area contributed by atoms with Crippen LogP contribution in [0.3, 0.4) is 0 Å². The molecule has 0 saturated carbocycles. The van der Waals surface area contributed by atoms with Gasteiger partial charge >= 0.3 is 6.18 Å². The molecule has 0 radical (unpaired) electrons. The first-order chi connectivity index (χ1) is 20.7. The number of hydrogen-bond donors (Lipinski definition) is 5. The number of aromatic nitrogens is 3. The maximum atomic E-state index is 13.9. The van der Waals surface area contributed by atoms with E-state index in [0.29, 0.717) is 23.1 Å². The van der Waals surface area contributed by atoms with Gasteiger partial charge in [-0.3, -0.25) is 14.7 Å². The number of carbonyl (C=O) groups is 1. The number of amides is 1. The van der Waals surface area contributed by atoms with Crippen molar-refractivity contribution in [1.29, 1.82) is 5.41 Å². The molecule has 2 atom stereocenters. The second kappa shape index (κ2) is 15.8. The summed E-state index contributed by atoms with van der Waals surface area (Å²) in [4.78, 5) is 26.0. The Bertz CT molecular complexity index is 1470. The molecule has 2 saturated heterocycles. The minimum atomic E-state index is -4.55. The molecule has 2 aliphatic heterocycles. The van der Waals surface area contributed by atoms with Crippen LogP contribution in [0.4, 0.5) is 18.9 Å². The van der Waals surface area contributed by atoms with Crippen molar-refractivity contribution in [2.24, 2.45) is 0 Å². The summed E-state index contributed by atoms with van der Waals surface area (Å²) >= 11 is 0. The number of alkyl halides is 3. The van der Waals surface area contributed by atoms with E-state index in [4.69, 9.17) is 5.41 Å². The highest BCUT2D eigenvalue weighted by Gasteiger charge is 2.39. The molecule has 1 amide bonds. The van der Waals surface area contributed by atoms with Gasteiger partial charge in [0.1, 0.15) is 11.5 Å². The molecule has 2 unspecified atom stereocenters. The van der Waals surface area contributed by atoms with Gasteiger partial charge in [0.25, 0.3) is 5.91 Å². The van der Waals surface area contributed by atoms with Crippen molar-refractivity contribution < 1.29 is 18.0 Å². The number of rotatable bonds is 6. The first-order valence-corrected chi connectivity index (χ1v) is 14.0. The molecule has 4 heterocycles. The summed E-state index contributed by atoms with van der Waals surface area (Å²) in [6.45, 7) is 5.74. The fourth-order valence-corrected chi connectivity index (χ4v) is 4.71. The fraction of sp³-hybridized carbons (Fsp3) is 0.355. The molecule has 0 spiro atoms. The van der Waals surface area contributed by atoms with Gasteiger partial charge in [0.2, 0.25) is 0 Å². The third-order valence-electron chi connectivity index (χ3n) is 6.50. The van der Waals surface area contributed by atoms with Crippen LogP contribution in [0.25, 0.3) is 6.08 Å². The zero-order valence-corrected chi connectivity index (χ0v) is 24.6. The van der Waals surface area contributed by atoms with E-state index in [1.807, 2.05) is 27.9 Å². The van der Waals surface area contributed by atoms with Crippen molar-refractivity contribution >= 4 is 23.9 Å². The Hall–Kier alpha value is -4.31. The summed E-state index contributed by atoms with van der Waals surface area (Å²) in [5.74, 6) is 5.71. The van der Waals surface area contributed by atoms with Gasteiger partial charge in [0, 0.05) is 61.6 Å². The number of carbonyl (C=O) groups excluding carboxylic acids is 1. The van der Waals surface area contributed by atoms with Crippen molar-refractivity contribution in [3.8, 4) is 11.8 Å². The number of piperazine rings is 1.